The van der Waals surface area contributed by atoms with Crippen molar-refractivity contribution in [1.82, 2.24) is 19.8 Å². The highest BCUT2D eigenvalue weighted by Crippen LogP contribution is 2.36. The third-order valence-electron chi connectivity index (χ3n) is 6.09. The molecule has 0 spiro atoms. The zero-order valence-corrected chi connectivity index (χ0v) is 21.5. The zero-order valence-electron chi connectivity index (χ0n) is 20.7. The van der Waals surface area contributed by atoms with Crippen LogP contribution in [-0.2, 0) is 34.5 Å². The fourth-order valence-electron chi connectivity index (χ4n) is 4.30. The summed E-state index contributed by atoms with van der Waals surface area (Å²) in [5.74, 6) is 2.56. The molecule has 196 valence electrons. The maximum absolute atomic E-state index is 13.2. The smallest absolute Gasteiger partial charge is 0.298 e. The van der Waals surface area contributed by atoms with E-state index in [0.29, 0.717) is 42.1 Å². The van der Waals surface area contributed by atoms with Gasteiger partial charge in [0.25, 0.3) is 15.9 Å². The third-order valence-corrected chi connectivity index (χ3v) is 7.45. The number of terminal acetylenes is 1. The van der Waals surface area contributed by atoms with E-state index in [0.717, 1.165) is 16.8 Å². The van der Waals surface area contributed by atoms with Crippen LogP contribution >= 0.6 is 0 Å². The molecule has 1 N–H and O–H groups in total. The molecule has 0 unspecified atom stereocenters. The number of anilines is 1. The van der Waals surface area contributed by atoms with Crippen LogP contribution in [0.4, 0.5) is 5.82 Å². The first-order valence-electron chi connectivity index (χ1n) is 11.3. The Balaban J connectivity index is 1.42. The number of amides is 1. The molecule has 1 amide bonds. The van der Waals surface area contributed by atoms with E-state index in [-0.39, 0.29) is 22.4 Å². The van der Waals surface area contributed by atoms with E-state index in [2.05, 4.69) is 20.9 Å². The third kappa shape index (κ3) is 4.46. The number of carbonyl (C=O) groups is 1. The predicted octanol–water partition coefficient (Wildman–Crippen LogP) is 2.37. The molecular formula is C25H23N5O7S. The molecule has 0 aliphatic carbocycles. The molecule has 4 aromatic rings. The van der Waals surface area contributed by atoms with Gasteiger partial charge in [-0.3, -0.25) is 14.2 Å². The van der Waals surface area contributed by atoms with Gasteiger partial charge in [0.2, 0.25) is 0 Å². The van der Waals surface area contributed by atoms with Crippen LogP contribution in [0, 0.1) is 12.3 Å². The predicted molar refractivity (Wildman–Crippen MR) is 135 cm³/mol. The van der Waals surface area contributed by atoms with Crippen LogP contribution in [0.25, 0.3) is 11.0 Å². The maximum atomic E-state index is 13.2. The largest absolute Gasteiger partial charge is 0.497 e. The zero-order chi connectivity index (χ0) is 27.0. The average molecular weight is 538 g/mol. The molecule has 2 aromatic carbocycles. The van der Waals surface area contributed by atoms with Gasteiger partial charge in [-0.15, -0.1) is 6.42 Å². The van der Waals surface area contributed by atoms with Crippen molar-refractivity contribution in [3.8, 4) is 29.6 Å². The van der Waals surface area contributed by atoms with E-state index >= 15 is 0 Å². The molecule has 0 saturated heterocycles. The fraction of sp³-hybridized carbons (Fsp3) is 0.240. The van der Waals surface area contributed by atoms with Crippen LogP contribution in [0.2, 0.25) is 0 Å². The molecule has 5 rings (SSSR count). The quantitative estimate of drug-likeness (QED) is 0.336. The van der Waals surface area contributed by atoms with Crippen LogP contribution in [0.1, 0.15) is 16.8 Å². The van der Waals surface area contributed by atoms with Crippen molar-refractivity contribution < 1.29 is 31.9 Å². The van der Waals surface area contributed by atoms with Crippen LogP contribution in [-0.4, -0.2) is 55.5 Å². The summed E-state index contributed by atoms with van der Waals surface area (Å²) >= 11 is 0. The van der Waals surface area contributed by atoms with Gasteiger partial charge < -0.3 is 23.6 Å². The fourth-order valence-corrected chi connectivity index (χ4v) is 5.49. The van der Waals surface area contributed by atoms with Gasteiger partial charge in [-0.25, -0.2) is 8.42 Å². The highest BCUT2D eigenvalue weighted by atomic mass is 32.2. The van der Waals surface area contributed by atoms with Crippen molar-refractivity contribution >= 4 is 32.7 Å². The minimum atomic E-state index is -4.13. The molecule has 0 saturated carbocycles. The van der Waals surface area contributed by atoms with E-state index in [1.165, 1.54) is 33.5 Å². The number of carbonyl (C=O) groups excluding carboxylic acids is 1. The molecule has 0 fully saturated rings. The minimum Gasteiger partial charge on any atom is -0.497 e. The Kier molecular flexibility index (Phi) is 6.33. The summed E-state index contributed by atoms with van der Waals surface area (Å²) in [7, 11) is 0.143. The lowest BCUT2D eigenvalue weighted by Gasteiger charge is -2.12. The van der Waals surface area contributed by atoms with E-state index in [1.807, 2.05) is 6.20 Å². The Morgan fingerprint density at radius 1 is 1.13 bits per heavy atom. The lowest BCUT2D eigenvalue weighted by Crippen LogP contribution is -2.24. The van der Waals surface area contributed by atoms with Crippen molar-refractivity contribution in [2.75, 3.05) is 26.1 Å². The van der Waals surface area contributed by atoms with Crippen molar-refractivity contribution in [3.63, 3.8) is 0 Å². The number of methoxy groups -OCH3 is 3. The Bertz CT molecular complexity index is 1680. The first kappa shape index (κ1) is 25.0. The summed E-state index contributed by atoms with van der Waals surface area (Å²) in [4.78, 5) is 13.2. The Hall–Kier alpha value is -4.70. The van der Waals surface area contributed by atoms with Crippen molar-refractivity contribution in [1.29, 1.82) is 0 Å². The first-order chi connectivity index (χ1) is 18.3. The van der Waals surface area contributed by atoms with Gasteiger partial charge in [-0.2, -0.15) is 5.10 Å². The Morgan fingerprint density at radius 2 is 1.92 bits per heavy atom. The van der Waals surface area contributed by atoms with E-state index in [1.54, 1.807) is 27.8 Å². The second-order valence-corrected chi connectivity index (χ2v) is 10.1. The lowest BCUT2D eigenvalue weighted by atomic mass is 10.1. The molecule has 1 aliphatic rings. The number of rotatable bonds is 8. The Labute approximate surface area is 218 Å². The molecule has 2 aromatic heterocycles. The summed E-state index contributed by atoms with van der Waals surface area (Å²) in [6.07, 6.45) is 7.07. The number of benzene rings is 2. The van der Waals surface area contributed by atoms with Crippen LogP contribution < -0.4 is 18.9 Å². The summed E-state index contributed by atoms with van der Waals surface area (Å²) in [5.41, 5.74) is 2.81. The standard InChI is InChI=1S/C25H23N5O7S/c1-5-23(31)29-12-16-13-30(26-18(16)14-29)11-15-8-20(36-4)24-21(9-15)37-27-25(24)28-38(32,33)22-10-17(34-2)6-7-19(22)35-3/h1,6-10,13H,11-12,14H2,2-4H3,(H,27,28). The summed E-state index contributed by atoms with van der Waals surface area (Å²) in [5, 5.41) is 8.86. The number of sulfonamides is 1. The number of hydrogen-bond donors (Lipinski definition) is 1. The Morgan fingerprint density at radius 3 is 2.61 bits per heavy atom. The van der Waals surface area contributed by atoms with E-state index in [4.69, 9.17) is 25.2 Å². The van der Waals surface area contributed by atoms with Gasteiger partial charge in [0.1, 0.15) is 27.5 Å². The van der Waals surface area contributed by atoms with E-state index in [9.17, 15) is 13.2 Å². The van der Waals surface area contributed by atoms with Gasteiger partial charge >= 0.3 is 0 Å². The lowest BCUT2D eigenvalue weighted by molar-refractivity contribution is -0.125. The van der Waals surface area contributed by atoms with Crippen LogP contribution in [0.3, 0.4) is 0 Å². The molecule has 12 nitrogen and oxygen atoms in total. The minimum absolute atomic E-state index is 0.0374. The van der Waals surface area contributed by atoms with Crippen LogP contribution in [0.15, 0.2) is 45.9 Å². The number of ether oxygens (including phenoxy) is 3. The second-order valence-electron chi connectivity index (χ2n) is 8.43. The normalized spacial score (nSPS) is 12.7. The molecule has 0 atom stereocenters. The van der Waals surface area contributed by atoms with Gasteiger partial charge in [0, 0.05) is 17.8 Å². The monoisotopic (exact) mass is 537 g/mol. The number of nitrogens with zero attached hydrogens (tertiary/aromatic N) is 4. The number of fused-ring (bicyclic) bond motifs is 2. The summed E-state index contributed by atoms with van der Waals surface area (Å²) in [6, 6.07) is 7.92. The first-order valence-corrected chi connectivity index (χ1v) is 12.8. The topological polar surface area (TPSA) is 138 Å². The van der Waals surface area contributed by atoms with Crippen molar-refractivity contribution in [2.45, 2.75) is 24.5 Å². The second kappa shape index (κ2) is 9.64. The molecular weight excluding hydrogens is 514 g/mol. The molecule has 3 heterocycles. The molecule has 38 heavy (non-hydrogen) atoms. The van der Waals surface area contributed by atoms with Gasteiger partial charge in [0.05, 0.1) is 46.7 Å². The average Bonchev–Trinajstić information content (AvgIpc) is 3.60. The molecule has 13 heteroatoms. The number of hydrogen-bond acceptors (Lipinski definition) is 9. The highest BCUT2D eigenvalue weighted by molar-refractivity contribution is 7.92. The van der Waals surface area contributed by atoms with Gasteiger partial charge in [0.15, 0.2) is 11.4 Å². The summed E-state index contributed by atoms with van der Waals surface area (Å²) < 4.78 is 52.1. The molecule has 1 aliphatic heterocycles. The SMILES string of the molecule is C#CC(=O)N1Cc2cn(Cc3cc(OC)c4c(NS(=O)(=O)c5cc(OC)ccc5OC)noc4c3)nc2C1. The van der Waals surface area contributed by atoms with Gasteiger partial charge in [-0.05, 0) is 35.7 Å². The highest BCUT2D eigenvalue weighted by Gasteiger charge is 2.27. The maximum Gasteiger partial charge on any atom is 0.298 e. The van der Waals surface area contributed by atoms with E-state index < -0.39 is 10.0 Å². The van der Waals surface area contributed by atoms with Crippen LogP contribution in [0.5, 0.6) is 17.2 Å². The molecule has 0 radical (unpaired) electrons. The van der Waals surface area contributed by atoms with Crippen molar-refractivity contribution in [3.05, 3.63) is 53.3 Å². The summed E-state index contributed by atoms with van der Waals surface area (Å²) in [6.45, 7) is 1.15. The van der Waals surface area contributed by atoms with Crippen molar-refractivity contribution in [2.24, 2.45) is 0 Å². The van der Waals surface area contributed by atoms with Gasteiger partial charge in [-0.1, -0.05) is 5.16 Å². The number of aromatic nitrogens is 3. The molecule has 0 bridgehead atoms. The number of nitrogens with one attached hydrogen (secondary N) is 1.